The van der Waals surface area contributed by atoms with Crippen molar-refractivity contribution in [3.05, 3.63) is 53.6 Å². The molecule has 26 heavy (non-hydrogen) atoms. The molecule has 0 aliphatic heterocycles. The summed E-state index contributed by atoms with van der Waals surface area (Å²) in [5.74, 6) is 0.207. The van der Waals surface area contributed by atoms with Gasteiger partial charge in [-0.1, -0.05) is 29.8 Å². The highest BCUT2D eigenvalue weighted by Gasteiger charge is 2.20. The van der Waals surface area contributed by atoms with Gasteiger partial charge >= 0.3 is 5.97 Å². The van der Waals surface area contributed by atoms with Gasteiger partial charge in [0.25, 0.3) is 5.91 Å². The minimum atomic E-state index is -0.941. The normalized spacial score (nSPS) is 11.4. The fraction of sp³-hybridized carbons (Fsp3) is 0.300. The Hall–Kier alpha value is -3.02. The van der Waals surface area contributed by atoms with Crippen LogP contribution in [0.4, 0.5) is 5.69 Å². The average molecular weight is 357 g/mol. The number of anilines is 1. The summed E-state index contributed by atoms with van der Waals surface area (Å²) < 4.78 is 15.7. The molecule has 0 saturated carbocycles. The number of hydrogen-bond donors (Lipinski definition) is 1. The van der Waals surface area contributed by atoms with E-state index in [-0.39, 0.29) is 6.42 Å². The molecule has 6 nitrogen and oxygen atoms in total. The minimum absolute atomic E-state index is 0.0249. The maximum absolute atomic E-state index is 12.3. The molecule has 0 aliphatic carbocycles. The number of rotatable bonds is 7. The zero-order valence-electron chi connectivity index (χ0n) is 15.4. The molecule has 0 aliphatic rings. The van der Waals surface area contributed by atoms with Crippen LogP contribution < -0.4 is 14.8 Å². The first-order valence-corrected chi connectivity index (χ1v) is 8.21. The highest BCUT2D eigenvalue weighted by Crippen LogP contribution is 2.24. The number of para-hydroxylation sites is 2. The van der Waals surface area contributed by atoms with Gasteiger partial charge < -0.3 is 19.5 Å². The molecule has 0 bridgehead atoms. The highest BCUT2D eigenvalue weighted by atomic mass is 16.5. The Bertz CT molecular complexity index is 788. The van der Waals surface area contributed by atoms with Gasteiger partial charge in [0, 0.05) is 5.56 Å². The molecule has 0 unspecified atom stereocenters. The predicted molar refractivity (Wildman–Crippen MR) is 98.6 cm³/mol. The van der Waals surface area contributed by atoms with Crippen LogP contribution in [-0.2, 0) is 20.7 Å². The molecule has 1 amide bonds. The first-order valence-electron chi connectivity index (χ1n) is 8.21. The number of hydrogen-bond acceptors (Lipinski definition) is 5. The third kappa shape index (κ3) is 4.99. The van der Waals surface area contributed by atoms with Crippen LogP contribution in [-0.4, -0.2) is 32.2 Å². The van der Waals surface area contributed by atoms with E-state index in [9.17, 15) is 9.59 Å². The minimum Gasteiger partial charge on any atom is -0.496 e. The standard InChI is InChI=1S/C20H23NO5/c1-13-9-10-17(24-3)15(11-13)12-19(22)26-14(2)20(23)21-16-7-5-6-8-18(16)25-4/h5-11,14H,12H2,1-4H3,(H,21,23)/t14-/m0/s1. The molecule has 1 N–H and O–H groups in total. The molecule has 0 saturated heterocycles. The van der Waals surface area contributed by atoms with Crippen LogP contribution in [0.5, 0.6) is 11.5 Å². The van der Waals surface area contributed by atoms with E-state index in [4.69, 9.17) is 14.2 Å². The molecule has 0 spiro atoms. The monoisotopic (exact) mass is 357 g/mol. The van der Waals surface area contributed by atoms with Crippen molar-refractivity contribution >= 4 is 17.6 Å². The largest absolute Gasteiger partial charge is 0.496 e. The van der Waals surface area contributed by atoms with Gasteiger partial charge in [-0.2, -0.15) is 0 Å². The lowest BCUT2D eigenvalue weighted by atomic mass is 10.1. The maximum atomic E-state index is 12.3. The Kier molecular flexibility index (Phi) is 6.60. The van der Waals surface area contributed by atoms with Crippen molar-refractivity contribution in [2.75, 3.05) is 19.5 Å². The second-order valence-corrected chi connectivity index (χ2v) is 5.81. The average Bonchev–Trinajstić information content (AvgIpc) is 2.62. The van der Waals surface area contributed by atoms with Gasteiger partial charge in [0.2, 0.25) is 0 Å². The van der Waals surface area contributed by atoms with Crippen molar-refractivity contribution in [1.82, 2.24) is 0 Å². The summed E-state index contributed by atoms with van der Waals surface area (Å²) in [6.45, 7) is 3.45. The van der Waals surface area contributed by atoms with E-state index >= 15 is 0 Å². The lowest BCUT2D eigenvalue weighted by Crippen LogP contribution is -2.30. The summed E-state index contributed by atoms with van der Waals surface area (Å²) in [4.78, 5) is 24.5. The van der Waals surface area contributed by atoms with Crippen LogP contribution in [0.1, 0.15) is 18.1 Å². The molecular weight excluding hydrogens is 334 g/mol. The van der Waals surface area contributed by atoms with Crippen LogP contribution in [0.3, 0.4) is 0 Å². The molecule has 2 rings (SSSR count). The Labute approximate surface area is 153 Å². The Morgan fingerprint density at radius 2 is 1.73 bits per heavy atom. The Balaban J connectivity index is 1.98. The highest BCUT2D eigenvalue weighted by molar-refractivity contribution is 5.96. The smallest absolute Gasteiger partial charge is 0.311 e. The number of benzene rings is 2. The van der Waals surface area contributed by atoms with E-state index in [0.29, 0.717) is 17.2 Å². The van der Waals surface area contributed by atoms with E-state index in [1.165, 1.54) is 14.0 Å². The fourth-order valence-electron chi connectivity index (χ4n) is 2.48. The van der Waals surface area contributed by atoms with Crippen LogP contribution in [0.25, 0.3) is 0 Å². The van der Waals surface area contributed by atoms with Crippen molar-refractivity contribution in [3.63, 3.8) is 0 Å². The van der Waals surface area contributed by atoms with Crippen molar-refractivity contribution in [2.45, 2.75) is 26.4 Å². The van der Waals surface area contributed by atoms with E-state index in [2.05, 4.69) is 5.32 Å². The molecule has 2 aromatic rings. The summed E-state index contributed by atoms with van der Waals surface area (Å²) in [7, 11) is 3.06. The van der Waals surface area contributed by atoms with Crippen molar-refractivity contribution in [2.24, 2.45) is 0 Å². The summed E-state index contributed by atoms with van der Waals surface area (Å²) in [6, 6.07) is 12.6. The van der Waals surface area contributed by atoms with Gasteiger partial charge in [0.15, 0.2) is 6.10 Å². The molecular formula is C20H23NO5. The van der Waals surface area contributed by atoms with E-state index in [0.717, 1.165) is 11.1 Å². The molecule has 0 fully saturated rings. The van der Waals surface area contributed by atoms with Gasteiger partial charge in [0.05, 0.1) is 26.3 Å². The predicted octanol–water partition coefficient (Wildman–Crippen LogP) is 3.13. The van der Waals surface area contributed by atoms with Crippen LogP contribution in [0.2, 0.25) is 0 Å². The topological polar surface area (TPSA) is 73.9 Å². The quantitative estimate of drug-likeness (QED) is 0.771. The molecule has 0 aromatic heterocycles. The number of methoxy groups -OCH3 is 2. The zero-order valence-corrected chi connectivity index (χ0v) is 15.4. The van der Waals surface area contributed by atoms with Gasteiger partial charge in [-0.25, -0.2) is 0 Å². The number of nitrogens with one attached hydrogen (secondary N) is 1. The summed E-state index contributed by atoms with van der Waals surface area (Å²) >= 11 is 0. The number of carbonyl (C=O) groups excluding carboxylic acids is 2. The Morgan fingerprint density at radius 1 is 1.04 bits per heavy atom. The molecule has 138 valence electrons. The Morgan fingerprint density at radius 3 is 2.42 bits per heavy atom. The number of aryl methyl sites for hydroxylation is 1. The fourth-order valence-corrected chi connectivity index (χ4v) is 2.48. The summed E-state index contributed by atoms with van der Waals surface area (Å²) in [5.41, 5.74) is 2.24. The van der Waals surface area contributed by atoms with Crippen LogP contribution >= 0.6 is 0 Å². The van der Waals surface area contributed by atoms with Crippen LogP contribution in [0, 0.1) is 6.92 Å². The lowest BCUT2D eigenvalue weighted by Gasteiger charge is -2.16. The zero-order chi connectivity index (χ0) is 19.1. The van der Waals surface area contributed by atoms with E-state index in [1.54, 1.807) is 37.4 Å². The SMILES string of the molecule is COc1ccc(C)cc1CC(=O)O[C@@H](C)C(=O)Nc1ccccc1OC. The molecule has 0 radical (unpaired) electrons. The van der Waals surface area contributed by atoms with Crippen molar-refractivity contribution in [1.29, 1.82) is 0 Å². The van der Waals surface area contributed by atoms with E-state index < -0.39 is 18.0 Å². The van der Waals surface area contributed by atoms with E-state index in [1.807, 2.05) is 19.1 Å². The second kappa shape index (κ2) is 8.89. The summed E-state index contributed by atoms with van der Waals surface area (Å²) in [5, 5.41) is 2.70. The summed E-state index contributed by atoms with van der Waals surface area (Å²) in [6.07, 6.45) is -0.917. The number of amides is 1. The molecule has 0 heterocycles. The molecule has 1 atom stereocenters. The third-order valence-electron chi connectivity index (χ3n) is 3.81. The van der Waals surface area contributed by atoms with Gasteiger partial charge in [-0.05, 0) is 32.0 Å². The number of carbonyl (C=O) groups is 2. The number of esters is 1. The number of ether oxygens (including phenoxy) is 3. The molecule has 6 heteroatoms. The first-order chi connectivity index (χ1) is 12.4. The van der Waals surface area contributed by atoms with Crippen molar-refractivity contribution < 1.29 is 23.8 Å². The first kappa shape index (κ1) is 19.3. The van der Waals surface area contributed by atoms with Crippen molar-refractivity contribution in [3.8, 4) is 11.5 Å². The second-order valence-electron chi connectivity index (χ2n) is 5.81. The molecule has 2 aromatic carbocycles. The lowest BCUT2D eigenvalue weighted by molar-refractivity contribution is -0.152. The van der Waals surface area contributed by atoms with Gasteiger partial charge in [-0.3, -0.25) is 9.59 Å². The maximum Gasteiger partial charge on any atom is 0.311 e. The van der Waals surface area contributed by atoms with Gasteiger partial charge in [-0.15, -0.1) is 0 Å². The van der Waals surface area contributed by atoms with Crippen LogP contribution in [0.15, 0.2) is 42.5 Å². The third-order valence-corrected chi connectivity index (χ3v) is 3.81. The van der Waals surface area contributed by atoms with Gasteiger partial charge in [0.1, 0.15) is 11.5 Å².